The number of carbonyl (C=O) groups excluding carboxylic acids is 1. The number of benzene rings is 2. The molecule has 25 heavy (non-hydrogen) atoms. The Morgan fingerprint density at radius 2 is 1.92 bits per heavy atom. The van der Waals surface area contributed by atoms with Gasteiger partial charge in [0.15, 0.2) is 0 Å². The number of anilines is 1. The van der Waals surface area contributed by atoms with Gasteiger partial charge < -0.3 is 15.0 Å². The van der Waals surface area contributed by atoms with Crippen molar-refractivity contribution in [1.29, 1.82) is 0 Å². The third-order valence-corrected chi connectivity index (χ3v) is 3.87. The molecule has 1 unspecified atom stereocenters. The lowest BCUT2D eigenvalue weighted by Crippen LogP contribution is -2.17. The van der Waals surface area contributed by atoms with Crippen LogP contribution >= 0.6 is 0 Å². The molecule has 0 aliphatic rings. The second-order valence-electron chi connectivity index (χ2n) is 5.95. The first kappa shape index (κ1) is 16.8. The molecule has 3 rings (SSSR count). The third kappa shape index (κ3) is 4.70. The molecular formula is C20H20N2O3. The normalized spacial score (nSPS) is 11.9. The van der Waals surface area contributed by atoms with Gasteiger partial charge in [0, 0.05) is 29.1 Å². The van der Waals surface area contributed by atoms with Gasteiger partial charge in [-0.1, -0.05) is 18.2 Å². The van der Waals surface area contributed by atoms with Gasteiger partial charge in [-0.05, 0) is 49.7 Å². The van der Waals surface area contributed by atoms with Gasteiger partial charge in [-0.2, -0.15) is 0 Å². The van der Waals surface area contributed by atoms with Gasteiger partial charge in [-0.15, -0.1) is 0 Å². The molecule has 2 aromatic carbocycles. The molecule has 1 aromatic heterocycles. The maximum atomic E-state index is 12.0. The summed E-state index contributed by atoms with van der Waals surface area (Å²) in [5.74, 6) is 0.688. The van der Waals surface area contributed by atoms with E-state index < -0.39 is 0 Å². The smallest absolute Gasteiger partial charge is 0.248 e. The monoisotopic (exact) mass is 336 g/mol. The SMILES string of the molecule is CC(CCC(=O)Nc1ccccc1)Oc1ccc2[nH]c(=O)ccc2c1. The average Bonchev–Trinajstić information content (AvgIpc) is 2.61. The van der Waals surface area contributed by atoms with Crippen LogP contribution in [0.2, 0.25) is 0 Å². The lowest BCUT2D eigenvalue weighted by molar-refractivity contribution is -0.116. The van der Waals surface area contributed by atoms with Crippen LogP contribution in [0.4, 0.5) is 5.69 Å². The quantitative estimate of drug-likeness (QED) is 0.721. The highest BCUT2D eigenvalue weighted by Gasteiger charge is 2.09. The Morgan fingerprint density at radius 3 is 2.72 bits per heavy atom. The summed E-state index contributed by atoms with van der Waals surface area (Å²) >= 11 is 0. The molecule has 0 saturated carbocycles. The van der Waals surface area contributed by atoms with E-state index in [9.17, 15) is 9.59 Å². The molecule has 1 heterocycles. The van der Waals surface area contributed by atoms with E-state index in [4.69, 9.17) is 4.74 Å². The number of carbonyl (C=O) groups is 1. The van der Waals surface area contributed by atoms with Crippen molar-refractivity contribution in [2.45, 2.75) is 25.9 Å². The molecule has 5 heteroatoms. The van der Waals surface area contributed by atoms with Crippen molar-refractivity contribution in [3.8, 4) is 5.75 Å². The minimum Gasteiger partial charge on any atom is -0.491 e. The fourth-order valence-electron chi connectivity index (χ4n) is 2.58. The molecule has 0 bridgehead atoms. The summed E-state index contributed by atoms with van der Waals surface area (Å²) in [6.45, 7) is 1.94. The highest BCUT2D eigenvalue weighted by atomic mass is 16.5. The number of para-hydroxylation sites is 1. The van der Waals surface area contributed by atoms with E-state index in [0.29, 0.717) is 12.8 Å². The first-order valence-corrected chi connectivity index (χ1v) is 8.25. The zero-order valence-electron chi connectivity index (χ0n) is 14.0. The summed E-state index contributed by atoms with van der Waals surface area (Å²) in [6, 6.07) is 18.2. The van der Waals surface area contributed by atoms with Crippen LogP contribution in [0.3, 0.4) is 0 Å². The molecule has 0 aliphatic heterocycles. The van der Waals surface area contributed by atoms with Crippen LogP contribution in [0.15, 0.2) is 65.5 Å². The van der Waals surface area contributed by atoms with Crippen molar-refractivity contribution in [3.05, 3.63) is 71.0 Å². The van der Waals surface area contributed by atoms with Gasteiger partial charge in [0.25, 0.3) is 0 Å². The molecule has 3 aromatic rings. The number of hydrogen-bond donors (Lipinski definition) is 2. The molecule has 0 aliphatic carbocycles. The van der Waals surface area contributed by atoms with Gasteiger partial charge in [0.1, 0.15) is 5.75 Å². The highest BCUT2D eigenvalue weighted by Crippen LogP contribution is 2.20. The van der Waals surface area contributed by atoms with Crippen molar-refractivity contribution in [1.82, 2.24) is 4.98 Å². The number of ether oxygens (including phenoxy) is 1. The summed E-state index contributed by atoms with van der Waals surface area (Å²) in [5, 5.41) is 3.77. The van der Waals surface area contributed by atoms with Gasteiger partial charge in [0.05, 0.1) is 6.10 Å². The van der Waals surface area contributed by atoms with Crippen LogP contribution in [-0.2, 0) is 4.79 Å². The Bertz CT molecular complexity index is 919. The molecule has 1 atom stereocenters. The molecule has 0 fully saturated rings. The lowest BCUT2D eigenvalue weighted by atomic mass is 10.2. The van der Waals surface area contributed by atoms with Crippen molar-refractivity contribution in [3.63, 3.8) is 0 Å². The van der Waals surface area contributed by atoms with Crippen LogP contribution in [0, 0.1) is 0 Å². The van der Waals surface area contributed by atoms with E-state index in [1.54, 1.807) is 6.07 Å². The molecule has 0 saturated heterocycles. The van der Waals surface area contributed by atoms with Crippen LogP contribution in [0.1, 0.15) is 19.8 Å². The Hall–Kier alpha value is -3.08. The number of amides is 1. The average molecular weight is 336 g/mol. The number of fused-ring (bicyclic) bond motifs is 1. The maximum Gasteiger partial charge on any atom is 0.248 e. The Kier molecular flexibility index (Phi) is 5.14. The van der Waals surface area contributed by atoms with E-state index in [0.717, 1.165) is 22.3 Å². The van der Waals surface area contributed by atoms with Crippen molar-refractivity contribution >= 4 is 22.5 Å². The minimum atomic E-state index is -0.126. The van der Waals surface area contributed by atoms with Gasteiger partial charge in [0.2, 0.25) is 11.5 Å². The van der Waals surface area contributed by atoms with Gasteiger partial charge >= 0.3 is 0 Å². The number of nitrogens with one attached hydrogen (secondary N) is 2. The first-order chi connectivity index (χ1) is 12.1. The predicted octanol–water partition coefficient (Wildman–Crippen LogP) is 3.71. The number of aromatic nitrogens is 1. The summed E-state index contributed by atoms with van der Waals surface area (Å²) in [7, 11) is 0. The van der Waals surface area contributed by atoms with E-state index in [-0.39, 0.29) is 17.6 Å². The summed E-state index contributed by atoms with van der Waals surface area (Å²) in [4.78, 5) is 26.0. The third-order valence-electron chi connectivity index (χ3n) is 3.87. The standard InChI is InChI=1S/C20H20N2O3/c1-14(7-11-19(23)21-16-5-3-2-4-6-16)25-17-9-10-18-15(13-17)8-12-20(24)22-18/h2-6,8-10,12-14H,7,11H2,1H3,(H,21,23)(H,22,24). The number of rotatable bonds is 6. The Morgan fingerprint density at radius 1 is 1.12 bits per heavy atom. The second-order valence-corrected chi connectivity index (χ2v) is 5.95. The molecule has 128 valence electrons. The van der Waals surface area contributed by atoms with Gasteiger partial charge in [-0.3, -0.25) is 9.59 Å². The number of pyridine rings is 1. The summed E-state index contributed by atoms with van der Waals surface area (Å²) < 4.78 is 5.88. The van der Waals surface area contributed by atoms with Crippen LogP contribution in [-0.4, -0.2) is 17.0 Å². The maximum absolute atomic E-state index is 12.0. The molecular weight excluding hydrogens is 316 g/mol. The Balaban J connectivity index is 1.53. The van der Waals surface area contributed by atoms with Gasteiger partial charge in [-0.25, -0.2) is 0 Å². The van der Waals surface area contributed by atoms with Crippen LogP contribution in [0.25, 0.3) is 10.9 Å². The number of H-pyrrole nitrogens is 1. The Labute approximate surface area is 145 Å². The summed E-state index contributed by atoms with van der Waals surface area (Å²) in [5.41, 5.74) is 1.44. The van der Waals surface area contributed by atoms with E-state index in [1.807, 2.05) is 55.5 Å². The van der Waals surface area contributed by atoms with Crippen LogP contribution < -0.4 is 15.6 Å². The molecule has 0 spiro atoms. The van der Waals surface area contributed by atoms with Crippen LogP contribution in [0.5, 0.6) is 5.75 Å². The molecule has 0 radical (unpaired) electrons. The van der Waals surface area contributed by atoms with E-state index in [2.05, 4.69) is 10.3 Å². The van der Waals surface area contributed by atoms with Crippen molar-refractivity contribution in [2.24, 2.45) is 0 Å². The molecule has 1 amide bonds. The van der Waals surface area contributed by atoms with Crippen molar-refractivity contribution < 1.29 is 9.53 Å². The zero-order valence-corrected chi connectivity index (χ0v) is 14.0. The molecule has 5 nitrogen and oxygen atoms in total. The topological polar surface area (TPSA) is 71.2 Å². The second kappa shape index (κ2) is 7.66. The predicted molar refractivity (Wildman–Crippen MR) is 99.0 cm³/mol. The first-order valence-electron chi connectivity index (χ1n) is 8.25. The number of aromatic amines is 1. The van der Waals surface area contributed by atoms with Crippen molar-refractivity contribution in [2.75, 3.05) is 5.32 Å². The fourth-order valence-corrected chi connectivity index (χ4v) is 2.58. The van der Waals surface area contributed by atoms with E-state index >= 15 is 0 Å². The lowest BCUT2D eigenvalue weighted by Gasteiger charge is -2.15. The fraction of sp³-hybridized carbons (Fsp3) is 0.200. The zero-order chi connectivity index (χ0) is 17.6. The molecule has 2 N–H and O–H groups in total. The summed E-state index contributed by atoms with van der Waals surface area (Å²) in [6.07, 6.45) is 0.904. The van der Waals surface area contributed by atoms with E-state index in [1.165, 1.54) is 6.07 Å². The highest BCUT2D eigenvalue weighted by molar-refractivity contribution is 5.90. The largest absolute Gasteiger partial charge is 0.491 e. The number of hydrogen-bond acceptors (Lipinski definition) is 3. The minimum absolute atomic E-state index is 0.0299.